The van der Waals surface area contributed by atoms with Gasteiger partial charge in [-0.05, 0) is 31.4 Å². The second kappa shape index (κ2) is 6.01. The molecule has 94 valence electrons. The molecular formula is C13H16N4O. The van der Waals surface area contributed by atoms with Crippen molar-refractivity contribution in [3.05, 3.63) is 24.0 Å². The predicted octanol–water partition coefficient (Wildman–Crippen LogP) is 1.38. The van der Waals surface area contributed by atoms with Crippen LogP contribution in [0.25, 0.3) is 0 Å². The molecule has 5 heteroatoms. The lowest BCUT2D eigenvalue weighted by molar-refractivity contribution is -0.130. The highest BCUT2D eigenvalue weighted by Crippen LogP contribution is 2.10. The third-order valence-corrected chi connectivity index (χ3v) is 3.03. The van der Waals surface area contributed by atoms with E-state index in [1.54, 1.807) is 18.3 Å². The molecule has 1 saturated heterocycles. The molecule has 0 aromatic carbocycles. The highest BCUT2D eigenvalue weighted by atomic mass is 16.2. The molecule has 1 N–H and O–H groups in total. The lowest BCUT2D eigenvalue weighted by Gasteiger charge is -2.26. The lowest BCUT2D eigenvalue weighted by atomic mass is 10.1. The van der Waals surface area contributed by atoms with Gasteiger partial charge >= 0.3 is 0 Å². The molecule has 5 nitrogen and oxygen atoms in total. The van der Waals surface area contributed by atoms with Crippen LogP contribution in [0.5, 0.6) is 0 Å². The van der Waals surface area contributed by atoms with Gasteiger partial charge in [0, 0.05) is 25.0 Å². The summed E-state index contributed by atoms with van der Waals surface area (Å²) >= 11 is 0. The minimum atomic E-state index is 0.116. The van der Waals surface area contributed by atoms with E-state index >= 15 is 0 Å². The molecule has 0 atom stereocenters. The molecule has 1 aromatic rings. The van der Waals surface area contributed by atoms with Crippen LogP contribution >= 0.6 is 0 Å². The van der Waals surface area contributed by atoms with Gasteiger partial charge in [0.1, 0.15) is 11.8 Å². The smallest absolute Gasteiger partial charge is 0.241 e. The summed E-state index contributed by atoms with van der Waals surface area (Å²) in [5, 5.41) is 11.8. The maximum atomic E-state index is 11.9. The van der Waals surface area contributed by atoms with Gasteiger partial charge in [-0.3, -0.25) is 4.79 Å². The molecule has 0 aliphatic carbocycles. The summed E-state index contributed by atoms with van der Waals surface area (Å²) in [6.45, 7) is 2.00. The first kappa shape index (κ1) is 12.4. The number of piperidine rings is 1. The SMILES string of the molecule is N#Cc1cc(NCC(=O)N2CCCCC2)ccn1. The Bertz CT molecular complexity index is 460. The van der Waals surface area contributed by atoms with Gasteiger partial charge in [-0.2, -0.15) is 5.26 Å². The molecule has 0 saturated carbocycles. The van der Waals surface area contributed by atoms with Crippen molar-refractivity contribution in [2.75, 3.05) is 25.0 Å². The molecule has 18 heavy (non-hydrogen) atoms. The minimum absolute atomic E-state index is 0.116. The predicted molar refractivity (Wildman–Crippen MR) is 67.9 cm³/mol. The highest BCUT2D eigenvalue weighted by Gasteiger charge is 2.15. The van der Waals surface area contributed by atoms with E-state index in [0.717, 1.165) is 31.6 Å². The Labute approximate surface area is 106 Å². The van der Waals surface area contributed by atoms with Crippen molar-refractivity contribution in [3.63, 3.8) is 0 Å². The Hall–Kier alpha value is -2.09. The number of nitrogens with zero attached hydrogens (tertiary/aromatic N) is 3. The minimum Gasteiger partial charge on any atom is -0.376 e. The van der Waals surface area contributed by atoms with Crippen molar-refractivity contribution in [2.24, 2.45) is 0 Å². The first-order valence-electron chi connectivity index (χ1n) is 6.17. The Morgan fingerprint density at radius 3 is 2.94 bits per heavy atom. The normalized spacial score (nSPS) is 14.9. The van der Waals surface area contributed by atoms with Crippen LogP contribution in [0.3, 0.4) is 0 Å². The molecule has 1 aliphatic rings. The zero-order valence-electron chi connectivity index (χ0n) is 10.2. The fourth-order valence-electron chi connectivity index (χ4n) is 2.03. The van der Waals surface area contributed by atoms with Crippen LogP contribution in [-0.4, -0.2) is 35.4 Å². The van der Waals surface area contributed by atoms with E-state index < -0.39 is 0 Å². The molecule has 1 amide bonds. The van der Waals surface area contributed by atoms with E-state index in [1.807, 2.05) is 11.0 Å². The number of amides is 1. The van der Waals surface area contributed by atoms with E-state index in [0.29, 0.717) is 5.69 Å². The fraction of sp³-hybridized carbons (Fsp3) is 0.462. The number of carbonyl (C=O) groups excluding carboxylic acids is 1. The number of aromatic nitrogens is 1. The summed E-state index contributed by atoms with van der Waals surface area (Å²) in [5.74, 6) is 0.116. The number of nitriles is 1. The van der Waals surface area contributed by atoms with Gasteiger partial charge in [-0.15, -0.1) is 0 Å². The van der Waals surface area contributed by atoms with Crippen molar-refractivity contribution in [1.82, 2.24) is 9.88 Å². The van der Waals surface area contributed by atoms with Gasteiger partial charge in [0.15, 0.2) is 0 Å². The number of rotatable bonds is 3. The summed E-state index contributed by atoms with van der Waals surface area (Å²) in [5.41, 5.74) is 1.11. The maximum absolute atomic E-state index is 11.9. The quantitative estimate of drug-likeness (QED) is 0.872. The van der Waals surface area contributed by atoms with Crippen molar-refractivity contribution in [3.8, 4) is 6.07 Å². The molecule has 1 aliphatic heterocycles. The Morgan fingerprint density at radius 1 is 1.44 bits per heavy atom. The van der Waals surface area contributed by atoms with Gasteiger partial charge in [0.2, 0.25) is 5.91 Å². The van der Waals surface area contributed by atoms with Gasteiger partial charge < -0.3 is 10.2 Å². The summed E-state index contributed by atoms with van der Waals surface area (Å²) in [6.07, 6.45) is 4.97. The lowest BCUT2D eigenvalue weighted by Crippen LogP contribution is -2.39. The summed E-state index contributed by atoms with van der Waals surface area (Å²) in [4.78, 5) is 17.7. The number of pyridine rings is 1. The maximum Gasteiger partial charge on any atom is 0.241 e. The molecule has 1 aromatic heterocycles. The number of hydrogen-bond donors (Lipinski definition) is 1. The highest BCUT2D eigenvalue weighted by molar-refractivity contribution is 5.80. The molecule has 2 heterocycles. The van der Waals surface area contributed by atoms with Crippen LogP contribution in [-0.2, 0) is 4.79 Å². The third-order valence-electron chi connectivity index (χ3n) is 3.03. The van der Waals surface area contributed by atoms with E-state index in [1.165, 1.54) is 6.42 Å². The van der Waals surface area contributed by atoms with Crippen LogP contribution in [0.15, 0.2) is 18.3 Å². The number of nitrogens with one attached hydrogen (secondary N) is 1. The molecular weight excluding hydrogens is 228 g/mol. The number of carbonyl (C=O) groups is 1. The van der Waals surface area contributed by atoms with Crippen LogP contribution in [0.4, 0.5) is 5.69 Å². The largest absolute Gasteiger partial charge is 0.376 e. The summed E-state index contributed by atoms with van der Waals surface area (Å²) in [7, 11) is 0. The first-order valence-corrected chi connectivity index (χ1v) is 6.17. The van der Waals surface area contributed by atoms with Gasteiger partial charge in [0.05, 0.1) is 6.54 Å². The van der Waals surface area contributed by atoms with E-state index in [-0.39, 0.29) is 12.5 Å². The molecule has 0 unspecified atom stereocenters. The van der Waals surface area contributed by atoms with E-state index in [2.05, 4.69) is 10.3 Å². The topological polar surface area (TPSA) is 69.0 Å². The average Bonchev–Trinajstić information content (AvgIpc) is 2.46. The number of hydrogen-bond acceptors (Lipinski definition) is 4. The van der Waals surface area contributed by atoms with E-state index in [9.17, 15) is 4.79 Å². The van der Waals surface area contributed by atoms with Crippen molar-refractivity contribution in [1.29, 1.82) is 5.26 Å². The van der Waals surface area contributed by atoms with Crippen molar-refractivity contribution >= 4 is 11.6 Å². The number of anilines is 1. The van der Waals surface area contributed by atoms with Crippen molar-refractivity contribution < 1.29 is 4.79 Å². The van der Waals surface area contributed by atoms with Crippen molar-refractivity contribution in [2.45, 2.75) is 19.3 Å². The molecule has 1 fully saturated rings. The van der Waals surface area contributed by atoms with Gasteiger partial charge in [-0.1, -0.05) is 0 Å². The Kier molecular flexibility index (Phi) is 4.13. The average molecular weight is 244 g/mol. The second-order valence-corrected chi connectivity index (χ2v) is 4.34. The monoisotopic (exact) mass is 244 g/mol. The summed E-state index contributed by atoms with van der Waals surface area (Å²) < 4.78 is 0. The van der Waals surface area contributed by atoms with Crippen LogP contribution in [0.1, 0.15) is 25.0 Å². The van der Waals surface area contributed by atoms with Crippen LogP contribution in [0, 0.1) is 11.3 Å². The Balaban J connectivity index is 1.86. The summed E-state index contributed by atoms with van der Waals surface area (Å²) in [6, 6.07) is 5.37. The molecule has 0 bridgehead atoms. The third kappa shape index (κ3) is 3.20. The second-order valence-electron chi connectivity index (χ2n) is 4.34. The Morgan fingerprint density at radius 2 is 2.22 bits per heavy atom. The van der Waals surface area contributed by atoms with E-state index in [4.69, 9.17) is 5.26 Å². The molecule has 0 spiro atoms. The first-order chi connectivity index (χ1) is 8.79. The van der Waals surface area contributed by atoms with Crippen LogP contribution < -0.4 is 5.32 Å². The van der Waals surface area contributed by atoms with Gasteiger partial charge in [-0.25, -0.2) is 4.98 Å². The fourth-order valence-corrected chi connectivity index (χ4v) is 2.03. The zero-order chi connectivity index (χ0) is 12.8. The van der Waals surface area contributed by atoms with Gasteiger partial charge in [0.25, 0.3) is 0 Å². The zero-order valence-corrected chi connectivity index (χ0v) is 10.2. The van der Waals surface area contributed by atoms with Crippen LogP contribution in [0.2, 0.25) is 0 Å². The molecule has 0 radical (unpaired) electrons. The molecule has 2 rings (SSSR count). The number of likely N-dealkylation sites (tertiary alicyclic amines) is 1. The standard InChI is InChI=1S/C13H16N4O/c14-9-12-8-11(4-5-15-12)16-10-13(18)17-6-2-1-3-7-17/h4-5,8H,1-3,6-7,10H2,(H,15,16).